The molecule has 0 aliphatic rings. The predicted octanol–water partition coefficient (Wildman–Crippen LogP) is 4.46. The molecular weight excluding hydrogens is 542 g/mol. The number of nitrogens with one attached hydrogen (secondary N) is 3. The molecule has 2 atom stereocenters. The summed E-state index contributed by atoms with van der Waals surface area (Å²) in [6.07, 6.45) is 5.84. The normalized spacial score (nSPS) is 12.9. The van der Waals surface area contributed by atoms with Crippen LogP contribution in [0.1, 0.15) is 37.9 Å². The molecule has 0 aliphatic heterocycles. The topological polar surface area (TPSA) is 124 Å². The summed E-state index contributed by atoms with van der Waals surface area (Å²) in [4.78, 5) is 61.1. The zero-order valence-corrected chi connectivity index (χ0v) is 24.6. The molecule has 9 heteroatoms. The number of carbonyl (C=O) groups is 4. The van der Waals surface area contributed by atoms with Gasteiger partial charge in [-0.1, -0.05) is 80.6 Å². The van der Waals surface area contributed by atoms with Crippen molar-refractivity contribution in [3.8, 4) is 0 Å². The highest BCUT2D eigenvalue weighted by Gasteiger charge is 2.27. The summed E-state index contributed by atoms with van der Waals surface area (Å²) in [5.74, 6) is -1.18. The van der Waals surface area contributed by atoms with Crippen LogP contribution in [0.25, 0.3) is 16.8 Å². The van der Waals surface area contributed by atoms with Gasteiger partial charge in [-0.15, -0.1) is 0 Å². The van der Waals surface area contributed by atoms with Gasteiger partial charge in [-0.3, -0.25) is 14.4 Å². The molecular formula is C34H37N5O4. The first-order valence-corrected chi connectivity index (χ1v) is 14.3. The fourth-order valence-corrected chi connectivity index (χ4v) is 4.88. The number of aromatic nitrogens is 2. The van der Waals surface area contributed by atoms with Gasteiger partial charge >= 0.3 is 0 Å². The molecule has 222 valence electrons. The van der Waals surface area contributed by atoms with Crippen molar-refractivity contribution >= 4 is 46.5 Å². The third-order valence-electron chi connectivity index (χ3n) is 7.08. The summed E-state index contributed by atoms with van der Waals surface area (Å²) >= 11 is 0. The van der Waals surface area contributed by atoms with Crippen LogP contribution < -0.4 is 15.5 Å². The van der Waals surface area contributed by atoms with E-state index < -0.39 is 23.9 Å². The van der Waals surface area contributed by atoms with Crippen molar-refractivity contribution in [3.63, 3.8) is 0 Å². The zero-order chi connectivity index (χ0) is 30.8. The lowest BCUT2D eigenvalue weighted by atomic mass is 10.0. The molecule has 1 aromatic heterocycles. The van der Waals surface area contributed by atoms with Gasteiger partial charge in [0.15, 0.2) is 0 Å². The first kappa shape index (κ1) is 30.9. The zero-order valence-electron chi connectivity index (χ0n) is 24.6. The fourth-order valence-electron chi connectivity index (χ4n) is 4.88. The molecule has 1 heterocycles. The SMILES string of the molecule is CC(C)C[C@@H](C=O)NC(=O)[C@H](Cc1c[nH]cn1)NC(=O)/C(=C\c1ccccc1)CC(=O)N(C)c1cccc2ccccc12. The van der Waals surface area contributed by atoms with Gasteiger partial charge in [0.25, 0.3) is 0 Å². The van der Waals surface area contributed by atoms with Crippen LogP contribution >= 0.6 is 0 Å². The minimum Gasteiger partial charge on any atom is -0.351 e. The number of benzene rings is 3. The molecule has 4 rings (SSSR count). The summed E-state index contributed by atoms with van der Waals surface area (Å²) < 4.78 is 0. The minimum atomic E-state index is -1.03. The van der Waals surface area contributed by atoms with Crippen LogP contribution in [0.3, 0.4) is 0 Å². The van der Waals surface area contributed by atoms with Gasteiger partial charge in [0.2, 0.25) is 17.7 Å². The van der Waals surface area contributed by atoms with E-state index in [1.54, 1.807) is 24.2 Å². The molecule has 0 bridgehead atoms. The number of carbonyl (C=O) groups excluding carboxylic acids is 4. The summed E-state index contributed by atoms with van der Waals surface area (Å²) in [6, 6.07) is 21.0. The summed E-state index contributed by atoms with van der Waals surface area (Å²) in [6.45, 7) is 3.91. The molecule has 0 saturated carbocycles. The Morgan fingerprint density at radius 1 is 0.953 bits per heavy atom. The number of nitrogens with zero attached hydrogens (tertiary/aromatic N) is 2. The number of H-pyrrole nitrogens is 1. The van der Waals surface area contributed by atoms with Crippen molar-refractivity contribution in [1.82, 2.24) is 20.6 Å². The second kappa shape index (κ2) is 14.7. The van der Waals surface area contributed by atoms with Gasteiger partial charge in [-0.2, -0.15) is 0 Å². The standard InChI is InChI=1S/C34H37N5O4/c1-23(2)16-28(21-40)37-34(43)30(19-27-20-35-22-36-27)38-33(42)26(17-24-10-5-4-6-11-24)18-32(41)39(3)31-15-9-13-25-12-7-8-14-29(25)31/h4-15,17,20-23,28,30H,16,18-19H2,1-3H3,(H,35,36)(H,37,43)(H,38,42)/b26-17-/t28-,30-/m0/s1. The van der Waals surface area contributed by atoms with Gasteiger partial charge in [0.05, 0.1) is 30.2 Å². The predicted molar refractivity (Wildman–Crippen MR) is 168 cm³/mol. The van der Waals surface area contributed by atoms with Crippen molar-refractivity contribution in [1.29, 1.82) is 0 Å². The average Bonchev–Trinajstić information content (AvgIpc) is 3.52. The molecule has 0 spiro atoms. The van der Waals surface area contributed by atoms with Crippen LogP contribution in [-0.4, -0.2) is 53.1 Å². The van der Waals surface area contributed by atoms with E-state index in [-0.39, 0.29) is 30.2 Å². The van der Waals surface area contributed by atoms with E-state index in [9.17, 15) is 19.2 Å². The smallest absolute Gasteiger partial charge is 0.248 e. The highest BCUT2D eigenvalue weighted by atomic mass is 16.2. The van der Waals surface area contributed by atoms with Crippen LogP contribution in [-0.2, 0) is 25.6 Å². The third kappa shape index (κ3) is 8.48. The highest BCUT2D eigenvalue weighted by molar-refractivity contribution is 6.09. The van der Waals surface area contributed by atoms with Crippen molar-refractivity contribution in [2.75, 3.05) is 11.9 Å². The Kier molecular flexibility index (Phi) is 10.6. The number of rotatable bonds is 13. The summed E-state index contributed by atoms with van der Waals surface area (Å²) in [5, 5.41) is 7.47. The second-order valence-electron chi connectivity index (χ2n) is 10.9. The Hall–Kier alpha value is -5.05. The molecule has 3 N–H and O–H groups in total. The minimum absolute atomic E-state index is 0.0940. The Bertz CT molecular complexity index is 1580. The number of aldehydes is 1. The van der Waals surface area contributed by atoms with Crippen LogP contribution in [0.15, 0.2) is 90.9 Å². The summed E-state index contributed by atoms with van der Waals surface area (Å²) in [5.41, 5.74) is 2.22. The Morgan fingerprint density at radius 2 is 1.67 bits per heavy atom. The van der Waals surface area contributed by atoms with Gasteiger partial charge < -0.3 is 25.3 Å². The van der Waals surface area contributed by atoms with E-state index in [4.69, 9.17) is 0 Å². The van der Waals surface area contributed by atoms with E-state index in [0.717, 1.165) is 22.0 Å². The lowest BCUT2D eigenvalue weighted by Gasteiger charge is -2.23. The van der Waals surface area contributed by atoms with Crippen LogP contribution in [0.4, 0.5) is 5.69 Å². The van der Waals surface area contributed by atoms with Crippen LogP contribution in [0, 0.1) is 5.92 Å². The number of fused-ring (bicyclic) bond motifs is 1. The number of hydrogen-bond donors (Lipinski definition) is 3. The van der Waals surface area contributed by atoms with Crippen LogP contribution in [0.2, 0.25) is 0 Å². The monoisotopic (exact) mass is 579 g/mol. The molecule has 0 unspecified atom stereocenters. The number of amides is 3. The lowest BCUT2D eigenvalue weighted by molar-refractivity contribution is -0.129. The molecule has 0 fully saturated rings. The summed E-state index contributed by atoms with van der Waals surface area (Å²) in [7, 11) is 1.68. The van der Waals surface area contributed by atoms with E-state index >= 15 is 0 Å². The van der Waals surface area contributed by atoms with Gasteiger partial charge in [0, 0.05) is 30.6 Å². The number of anilines is 1. The maximum Gasteiger partial charge on any atom is 0.248 e. The molecule has 4 aromatic rings. The van der Waals surface area contributed by atoms with E-state index in [1.807, 2.05) is 86.6 Å². The Labute approximate surface area is 251 Å². The van der Waals surface area contributed by atoms with Crippen molar-refractivity contribution < 1.29 is 19.2 Å². The van der Waals surface area contributed by atoms with E-state index in [1.165, 1.54) is 6.33 Å². The number of aromatic amines is 1. The number of hydrogen-bond acceptors (Lipinski definition) is 5. The van der Waals surface area contributed by atoms with Crippen molar-refractivity contribution in [3.05, 3.63) is 102 Å². The largest absolute Gasteiger partial charge is 0.351 e. The molecule has 3 aromatic carbocycles. The molecule has 3 amide bonds. The average molecular weight is 580 g/mol. The first-order chi connectivity index (χ1) is 20.7. The fraction of sp³-hybridized carbons (Fsp3) is 0.265. The molecule has 0 aliphatic carbocycles. The quantitative estimate of drug-likeness (QED) is 0.159. The Morgan fingerprint density at radius 3 is 2.37 bits per heavy atom. The molecule has 9 nitrogen and oxygen atoms in total. The lowest BCUT2D eigenvalue weighted by Crippen LogP contribution is -2.51. The van der Waals surface area contributed by atoms with Gasteiger partial charge in [0.1, 0.15) is 12.3 Å². The molecule has 0 saturated heterocycles. The van der Waals surface area contributed by atoms with Crippen LogP contribution in [0.5, 0.6) is 0 Å². The third-order valence-corrected chi connectivity index (χ3v) is 7.08. The highest BCUT2D eigenvalue weighted by Crippen LogP contribution is 2.27. The molecule has 0 radical (unpaired) electrons. The molecule has 43 heavy (non-hydrogen) atoms. The first-order valence-electron chi connectivity index (χ1n) is 14.3. The Balaban J connectivity index is 1.60. The van der Waals surface area contributed by atoms with E-state index in [0.29, 0.717) is 18.4 Å². The van der Waals surface area contributed by atoms with Crippen molar-refractivity contribution in [2.24, 2.45) is 5.92 Å². The maximum absolute atomic E-state index is 13.8. The van der Waals surface area contributed by atoms with Crippen molar-refractivity contribution in [2.45, 2.75) is 45.2 Å². The van der Waals surface area contributed by atoms with E-state index in [2.05, 4.69) is 20.6 Å². The maximum atomic E-state index is 13.8. The van der Waals surface area contributed by atoms with Gasteiger partial charge in [-0.05, 0) is 35.4 Å². The van der Waals surface area contributed by atoms with Gasteiger partial charge in [-0.25, -0.2) is 4.98 Å². The second-order valence-corrected chi connectivity index (χ2v) is 10.9. The number of imidazole rings is 1.